The highest BCUT2D eigenvalue weighted by Crippen LogP contribution is 2.45. The molecule has 0 saturated heterocycles. The summed E-state index contributed by atoms with van der Waals surface area (Å²) in [4.78, 5) is 0. The van der Waals surface area contributed by atoms with Gasteiger partial charge in [0, 0.05) is 32.9 Å². The largest absolute Gasteiger partial charge is 0.309 e. The van der Waals surface area contributed by atoms with Crippen LogP contribution < -0.4 is 0 Å². The SMILES string of the molecule is CC(C)(C)c1ccc(-n2c3ccccc3c3cc(-c4cc(-c5ccc(C#N)cc5)c(-c5ccc6c(c5)c5ccccc5n6-c5ccc(C(C)(C)C)cc5)cc4-c4ccc(C#N)cc4)ccc32)cc1. The number of benzene rings is 9. The zero-order valence-corrected chi connectivity index (χ0v) is 39.3. The predicted octanol–water partition coefficient (Wildman–Crippen LogP) is 16.9. The Morgan fingerprint density at radius 2 is 0.647 bits per heavy atom. The van der Waals surface area contributed by atoms with Gasteiger partial charge in [0.2, 0.25) is 0 Å². The minimum atomic E-state index is 0.0552. The van der Waals surface area contributed by atoms with E-state index in [-0.39, 0.29) is 10.8 Å². The predicted molar refractivity (Wildman–Crippen MR) is 284 cm³/mol. The van der Waals surface area contributed by atoms with Crippen molar-refractivity contribution in [3.8, 4) is 68.0 Å². The first-order valence-electron chi connectivity index (χ1n) is 23.4. The van der Waals surface area contributed by atoms with E-state index in [9.17, 15) is 10.5 Å². The van der Waals surface area contributed by atoms with Gasteiger partial charge in [0.05, 0.1) is 45.3 Å². The van der Waals surface area contributed by atoms with E-state index in [4.69, 9.17) is 0 Å². The van der Waals surface area contributed by atoms with Crippen molar-refractivity contribution in [1.82, 2.24) is 9.13 Å². The Balaban J connectivity index is 1.15. The highest BCUT2D eigenvalue weighted by atomic mass is 15.0. The molecule has 0 radical (unpaired) electrons. The molecule has 0 atom stereocenters. The minimum Gasteiger partial charge on any atom is -0.309 e. The summed E-state index contributed by atoms with van der Waals surface area (Å²) in [5.74, 6) is 0. The number of aromatic nitrogens is 2. The molecule has 11 aromatic rings. The fourth-order valence-electron chi connectivity index (χ4n) is 10.1. The van der Waals surface area contributed by atoms with Crippen molar-refractivity contribution in [2.75, 3.05) is 0 Å². The molecule has 0 unspecified atom stereocenters. The lowest BCUT2D eigenvalue weighted by Gasteiger charge is -2.20. The Bertz CT molecular complexity index is 3580. The van der Waals surface area contributed by atoms with Crippen molar-refractivity contribution in [3.05, 3.63) is 216 Å². The van der Waals surface area contributed by atoms with Crippen LogP contribution in [-0.2, 0) is 10.8 Å². The Kier molecular flexibility index (Phi) is 10.0. The number of fused-ring (bicyclic) bond motifs is 6. The quantitative estimate of drug-likeness (QED) is 0.167. The molecule has 0 spiro atoms. The van der Waals surface area contributed by atoms with Gasteiger partial charge in [0.15, 0.2) is 0 Å². The standard InChI is InChI=1S/C64H50N4/c1-63(2,3)47-25-29-49(30-26-47)67-59-13-9-7-11-51(59)57-35-45(23-33-61(57)67)55-37-54(44-21-17-42(40-66)18-22-44)56(38-53(55)43-19-15-41(39-65)16-20-43)46-24-34-62-58(36-46)52-12-8-10-14-60(52)68(62)50-31-27-48(28-32-50)64(4,5)6/h7-38H,1-6H3. The number of nitrogens with zero attached hydrogens (tertiary/aromatic N) is 4. The van der Waals surface area contributed by atoms with E-state index in [1.54, 1.807) is 0 Å². The van der Waals surface area contributed by atoms with Gasteiger partial charge in [0.25, 0.3) is 0 Å². The van der Waals surface area contributed by atoms with Crippen molar-refractivity contribution in [1.29, 1.82) is 10.5 Å². The van der Waals surface area contributed by atoms with Crippen LogP contribution in [-0.4, -0.2) is 9.13 Å². The maximum absolute atomic E-state index is 9.85. The van der Waals surface area contributed by atoms with E-state index in [2.05, 4.69) is 233 Å². The maximum Gasteiger partial charge on any atom is 0.0991 e. The van der Waals surface area contributed by atoms with Crippen LogP contribution in [0.15, 0.2) is 194 Å². The summed E-state index contributed by atoms with van der Waals surface area (Å²) in [5.41, 5.74) is 19.2. The average molecular weight is 875 g/mol. The molecule has 9 aromatic carbocycles. The van der Waals surface area contributed by atoms with E-state index in [1.807, 2.05) is 24.3 Å². The van der Waals surface area contributed by atoms with Gasteiger partial charge in [-0.15, -0.1) is 0 Å². The van der Waals surface area contributed by atoms with E-state index < -0.39 is 0 Å². The summed E-state index contributed by atoms with van der Waals surface area (Å²) in [6.07, 6.45) is 0. The Labute approximate surface area is 398 Å². The normalized spacial score (nSPS) is 11.9. The Morgan fingerprint density at radius 1 is 0.324 bits per heavy atom. The summed E-state index contributed by atoms with van der Waals surface area (Å²) in [7, 11) is 0. The highest BCUT2D eigenvalue weighted by molar-refractivity contribution is 6.13. The van der Waals surface area contributed by atoms with Gasteiger partial charge in [-0.3, -0.25) is 0 Å². The molecule has 0 amide bonds. The maximum atomic E-state index is 9.85. The molecule has 326 valence electrons. The number of para-hydroxylation sites is 2. The zero-order valence-electron chi connectivity index (χ0n) is 39.3. The highest BCUT2D eigenvalue weighted by Gasteiger charge is 2.22. The van der Waals surface area contributed by atoms with Crippen LogP contribution in [0.4, 0.5) is 0 Å². The molecule has 0 aliphatic heterocycles. The van der Waals surface area contributed by atoms with Crippen molar-refractivity contribution in [2.24, 2.45) is 0 Å². The lowest BCUT2D eigenvalue weighted by Crippen LogP contribution is -2.10. The third-order valence-corrected chi connectivity index (χ3v) is 13.8. The van der Waals surface area contributed by atoms with Gasteiger partial charge < -0.3 is 9.13 Å². The molecule has 4 heteroatoms. The van der Waals surface area contributed by atoms with Crippen LogP contribution in [0, 0.1) is 22.7 Å². The third kappa shape index (κ3) is 7.23. The van der Waals surface area contributed by atoms with E-state index in [0.29, 0.717) is 11.1 Å². The number of nitriles is 2. The summed E-state index contributed by atoms with van der Waals surface area (Å²) < 4.78 is 4.75. The molecule has 0 aliphatic rings. The lowest BCUT2D eigenvalue weighted by atomic mass is 9.85. The first-order valence-corrected chi connectivity index (χ1v) is 23.4. The molecule has 0 aliphatic carbocycles. The molecule has 2 aromatic heterocycles. The number of hydrogen-bond acceptors (Lipinski definition) is 2. The molecule has 0 N–H and O–H groups in total. The summed E-state index contributed by atoms with van der Waals surface area (Å²) in [6.45, 7) is 13.5. The second-order valence-electron chi connectivity index (χ2n) is 20.1. The summed E-state index contributed by atoms with van der Waals surface area (Å²) in [6, 6.07) is 74.2. The monoisotopic (exact) mass is 874 g/mol. The molecule has 11 rings (SSSR count). The van der Waals surface area contributed by atoms with Crippen LogP contribution in [0.5, 0.6) is 0 Å². The topological polar surface area (TPSA) is 57.4 Å². The van der Waals surface area contributed by atoms with Crippen LogP contribution in [0.3, 0.4) is 0 Å². The van der Waals surface area contributed by atoms with Crippen LogP contribution in [0.1, 0.15) is 63.8 Å². The molecule has 68 heavy (non-hydrogen) atoms. The minimum absolute atomic E-state index is 0.0552. The van der Waals surface area contributed by atoms with E-state index in [1.165, 1.54) is 32.7 Å². The molecule has 0 bridgehead atoms. The molecule has 0 fully saturated rings. The van der Waals surface area contributed by atoms with Gasteiger partial charge in [-0.2, -0.15) is 10.5 Å². The van der Waals surface area contributed by atoms with Crippen molar-refractivity contribution < 1.29 is 0 Å². The zero-order chi connectivity index (χ0) is 46.9. The molecule has 4 nitrogen and oxygen atoms in total. The van der Waals surface area contributed by atoms with Gasteiger partial charge in [-0.25, -0.2) is 0 Å². The van der Waals surface area contributed by atoms with E-state index >= 15 is 0 Å². The first kappa shape index (κ1) is 42.2. The van der Waals surface area contributed by atoms with Crippen molar-refractivity contribution >= 4 is 43.6 Å². The molecular formula is C64H50N4. The van der Waals surface area contributed by atoms with Crippen LogP contribution in [0.2, 0.25) is 0 Å². The van der Waals surface area contributed by atoms with Gasteiger partial charge in [-0.1, -0.05) is 139 Å². The average Bonchev–Trinajstić information content (AvgIpc) is 3.88. The second kappa shape index (κ2) is 16.2. The van der Waals surface area contributed by atoms with Gasteiger partial charge in [0.1, 0.15) is 0 Å². The fraction of sp³-hybridized carbons (Fsp3) is 0.125. The van der Waals surface area contributed by atoms with Crippen LogP contribution >= 0.6 is 0 Å². The number of rotatable bonds is 6. The van der Waals surface area contributed by atoms with Gasteiger partial charge in [-0.05, 0) is 164 Å². The van der Waals surface area contributed by atoms with E-state index in [0.717, 1.165) is 77.9 Å². The fourth-order valence-corrected chi connectivity index (χ4v) is 10.1. The smallest absolute Gasteiger partial charge is 0.0991 e. The first-order chi connectivity index (χ1) is 32.9. The third-order valence-electron chi connectivity index (χ3n) is 13.8. The summed E-state index contributed by atoms with van der Waals surface area (Å²) >= 11 is 0. The Morgan fingerprint density at radius 3 is 1.00 bits per heavy atom. The number of hydrogen-bond donors (Lipinski definition) is 0. The molecule has 0 saturated carbocycles. The van der Waals surface area contributed by atoms with Crippen molar-refractivity contribution in [3.63, 3.8) is 0 Å². The van der Waals surface area contributed by atoms with Crippen LogP contribution in [0.25, 0.3) is 99.5 Å². The second-order valence-corrected chi connectivity index (χ2v) is 20.1. The Hall–Kier alpha value is -8.44. The van der Waals surface area contributed by atoms with Crippen molar-refractivity contribution in [2.45, 2.75) is 52.4 Å². The molecular weight excluding hydrogens is 825 g/mol. The summed E-state index contributed by atoms with van der Waals surface area (Å²) in [5, 5.41) is 24.4. The molecule has 2 heterocycles. The van der Waals surface area contributed by atoms with Gasteiger partial charge >= 0.3 is 0 Å². The lowest BCUT2D eigenvalue weighted by molar-refractivity contribution is 0.590.